The Morgan fingerprint density at radius 1 is 1.30 bits per heavy atom. The Bertz CT molecular complexity index is 592. The van der Waals surface area contributed by atoms with Gasteiger partial charge in [-0.2, -0.15) is 0 Å². The number of ether oxygens (including phenoxy) is 1. The van der Waals surface area contributed by atoms with Crippen LogP contribution in [0.1, 0.15) is 32.6 Å². The van der Waals surface area contributed by atoms with Crippen LogP contribution in [0.2, 0.25) is 0 Å². The first kappa shape index (κ1) is 20.0. The number of aliphatic carboxylic acids is 1. The van der Waals surface area contributed by atoms with Gasteiger partial charge in [-0.3, -0.25) is 14.8 Å². The van der Waals surface area contributed by atoms with Gasteiger partial charge >= 0.3 is 5.97 Å². The fourth-order valence-corrected chi connectivity index (χ4v) is 4.58. The summed E-state index contributed by atoms with van der Waals surface area (Å²) in [6.07, 6.45) is 7.09. The first-order valence-electron chi connectivity index (χ1n) is 10.0. The van der Waals surface area contributed by atoms with Gasteiger partial charge in [0.1, 0.15) is 0 Å². The molecule has 27 heavy (non-hydrogen) atoms. The first-order valence-corrected chi connectivity index (χ1v) is 10.0. The second-order valence-electron chi connectivity index (χ2n) is 7.59. The minimum absolute atomic E-state index is 0.118. The molecule has 1 saturated carbocycles. The molecule has 1 aliphatic heterocycles. The Labute approximate surface area is 161 Å². The van der Waals surface area contributed by atoms with Gasteiger partial charge in [0.05, 0.1) is 6.17 Å². The third-order valence-electron chi connectivity index (χ3n) is 6.10. The number of anilines is 1. The molecule has 0 amide bonds. The summed E-state index contributed by atoms with van der Waals surface area (Å²) in [5.74, 6) is -0.720. The van der Waals surface area contributed by atoms with Crippen LogP contribution in [0.4, 0.5) is 5.69 Å². The van der Waals surface area contributed by atoms with Crippen molar-refractivity contribution >= 4 is 11.7 Å². The van der Waals surface area contributed by atoms with Crippen LogP contribution in [0, 0.1) is 5.92 Å². The van der Waals surface area contributed by atoms with Gasteiger partial charge in [0.25, 0.3) is 0 Å². The van der Waals surface area contributed by atoms with Gasteiger partial charge in [-0.1, -0.05) is 6.92 Å². The van der Waals surface area contributed by atoms with Crippen LogP contribution < -0.4 is 5.32 Å². The number of hydrogen-bond acceptors (Lipinski definition) is 6. The lowest BCUT2D eigenvalue weighted by Gasteiger charge is -2.47. The van der Waals surface area contributed by atoms with Crippen molar-refractivity contribution in [2.24, 2.45) is 5.92 Å². The van der Waals surface area contributed by atoms with Crippen LogP contribution in [0.5, 0.6) is 0 Å². The smallest absolute Gasteiger partial charge is 0.333 e. The number of piperazine rings is 1. The van der Waals surface area contributed by atoms with Crippen molar-refractivity contribution in [1.29, 1.82) is 0 Å². The maximum Gasteiger partial charge on any atom is 0.333 e. The van der Waals surface area contributed by atoms with E-state index in [0.29, 0.717) is 6.04 Å². The Morgan fingerprint density at radius 3 is 2.59 bits per heavy atom. The average Bonchev–Trinajstić information content (AvgIpc) is 2.69. The Morgan fingerprint density at radius 2 is 2.00 bits per heavy atom. The number of methoxy groups -OCH3 is 1. The van der Waals surface area contributed by atoms with Gasteiger partial charge in [0, 0.05) is 50.9 Å². The average molecular weight is 377 g/mol. The SMILES string of the molecule is CCN1CCN(C2CCC(C(OC)C(=O)O)CC2)C(Nc2ccncc2)C1. The molecule has 0 aromatic carbocycles. The molecule has 1 aromatic rings. The monoisotopic (exact) mass is 376 g/mol. The van der Waals surface area contributed by atoms with Crippen LogP contribution in [0.25, 0.3) is 0 Å². The van der Waals surface area contributed by atoms with Crippen molar-refractivity contribution in [2.75, 3.05) is 38.6 Å². The molecular formula is C20H32N4O3. The lowest BCUT2D eigenvalue weighted by atomic mass is 9.81. The van der Waals surface area contributed by atoms with E-state index in [1.54, 1.807) is 0 Å². The van der Waals surface area contributed by atoms with Crippen LogP contribution in [-0.4, -0.2) is 77.5 Å². The highest BCUT2D eigenvalue weighted by atomic mass is 16.5. The minimum Gasteiger partial charge on any atom is -0.479 e. The van der Waals surface area contributed by atoms with Crippen molar-refractivity contribution in [2.45, 2.75) is 50.9 Å². The quantitative estimate of drug-likeness (QED) is 0.755. The van der Waals surface area contributed by atoms with Crippen LogP contribution in [-0.2, 0) is 9.53 Å². The number of pyridine rings is 1. The lowest BCUT2D eigenvalue weighted by Crippen LogP contribution is -2.60. The summed E-state index contributed by atoms with van der Waals surface area (Å²) in [5.41, 5.74) is 1.09. The summed E-state index contributed by atoms with van der Waals surface area (Å²) in [4.78, 5) is 20.6. The maximum absolute atomic E-state index is 11.4. The zero-order valence-electron chi connectivity index (χ0n) is 16.4. The highest BCUT2D eigenvalue weighted by Crippen LogP contribution is 2.32. The van der Waals surface area contributed by atoms with Gasteiger partial charge in [0.2, 0.25) is 0 Å². The molecular weight excluding hydrogens is 344 g/mol. The van der Waals surface area contributed by atoms with Gasteiger partial charge in [0.15, 0.2) is 6.10 Å². The number of carboxylic acid groups (broad SMARTS) is 1. The summed E-state index contributed by atoms with van der Waals surface area (Å²) in [6.45, 7) is 6.39. The molecule has 2 unspecified atom stereocenters. The number of carbonyl (C=O) groups is 1. The molecule has 7 heteroatoms. The van der Waals surface area contributed by atoms with E-state index in [1.165, 1.54) is 7.11 Å². The van der Waals surface area contributed by atoms with Crippen molar-refractivity contribution in [3.63, 3.8) is 0 Å². The predicted molar refractivity (Wildman–Crippen MR) is 105 cm³/mol. The van der Waals surface area contributed by atoms with Gasteiger partial charge in [-0.25, -0.2) is 4.79 Å². The van der Waals surface area contributed by atoms with E-state index < -0.39 is 12.1 Å². The third-order valence-corrected chi connectivity index (χ3v) is 6.10. The van der Waals surface area contributed by atoms with Gasteiger partial charge < -0.3 is 15.2 Å². The van der Waals surface area contributed by atoms with E-state index in [0.717, 1.165) is 57.5 Å². The number of hydrogen-bond donors (Lipinski definition) is 2. The van der Waals surface area contributed by atoms with Crippen molar-refractivity contribution < 1.29 is 14.6 Å². The van der Waals surface area contributed by atoms with Gasteiger partial charge in [-0.05, 0) is 50.3 Å². The second-order valence-corrected chi connectivity index (χ2v) is 7.59. The number of rotatable bonds is 7. The van der Waals surface area contributed by atoms with Crippen LogP contribution in [0.15, 0.2) is 24.5 Å². The molecule has 150 valence electrons. The molecule has 2 atom stereocenters. The summed E-state index contributed by atoms with van der Waals surface area (Å²) < 4.78 is 5.22. The Balaban J connectivity index is 1.64. The molecule has 7 nitrogen and oxygen atoms in total. The van der Waals surface area contributed by atoms with E-state index in [9.17, 15) is 9.90 Å². The number of nitrogens with zero attached hydrogens (tertiary/aromatic N) is 3. The largest absolute Gasteiger partial charge is 0.479 e. The summed E-state index contributed by atoms with van der Waals surface area (Å²) in [7, 11) is 1.50. The fraction of sp³-hybridized carbons (Fsp3) is 0.700. The summed E-state index contributed by atoms with van der Waals surface area (Å²) in [5, 5.41) is 13.0. The number of nitrogens with one attached hydrogen (secondary N) is 1. The van der Waals surface area contributed by atoms with E-state index in [1.807, 2.05) is 24.5 Å². The maximum atomic E-state index is 11.4. The second kappa shape index (κ2) is 9.48. The van der Waals surface area contributed by atoms with E-state index in [-0.39, 0.29) is 12.1 Å². The summed E-state index contributed by atoms with van der Waals surface area (Å²) >= 11 is 0. The molecule has 1 aromatic heterocycles. The van der Waals surface area contributed by atoms with Crippen molar-refractivity contribution in [1.82, 2.24) is 14.8 Å². The topological polar surface area (TPSA) is 77.9 Å². The molecule has 3 rings (SSSR count). The molecule has 2 fully saturated rings. The molecule has 0 bridgehead atoms. The minimum atomic E-state index is -0.838. The highest BCUT2D eigenvalue weighted by Gasteiger charge is 2.37. The third kappa shape index (κ3) is 4.97. The van der Waals surface area contributed by atoms with E-state index in [4.69, 9.17) is 4.74 Å². The molecule has 1 saturated heterocycles. The zero-order valence-corrected chi connectivity index (χ0v) is 16.4. The number of aromatic nitrogens is 1. The van der Waals surface area contributed by atoms with Crippen molar-refractivity contribution in [3.05, 3.63) is 24.5 Å². The van der Waals surface area contributed by atoms with Crippen molar-refractivity contribution in [3.8, 4) is 0 Å². The zero-order chi connectivity index (χ0) is 19.2. The predicted octanol–water partition coefficient (Wildman–Crippen LogP) is 2.12. The molecule has 0 spiro atoms. The molecule has 1 aliphatic carbocycles. The van der Waals surface area contributed by atoms with Crippen LogP contribution >= 0.6 is 0 Å². The van der Waals surface area contributed by atoms with E-state index in [2.05, 4.69) is 27.0 Å². The normalized spacial score (nSPS) is 28.6. The Hall–Kier alpha value is -1.70. The molecule has 0 radical (unpaired) electrons. The standard InChI is InChI=1S/C20H32N4O3/c1-3-23-12-13-24(18(14-23)22-16-8-10-21-11-9-16)17-6-4-15(5-7-17)19(27-2)20(25)26/h8-11,15,17-19H,3-7,12-14H2,1-2H3,(H,21,22)(H,25,26). The highest BCUT2D eigenvalue weighted by molar-refractivity contribution is 5.72. The number of carboxylic acids is 1. The number of likely N-dealkylation sites (N-methyl/N-ethyl adjacent to an activating group) is 1. The van der Waals surface area contributed by atoms with E-state index >= 15 is 0 Å². The van der Waals surface area contributed by atoms with Crippen LogP contribution in [0.3, 0.4) is 0 Å². The molecule has 2 N–H and O–H groups in total. The molecule has 2 heterocycles. The molecule has 2 aliphatic rings. The lowest BCUT2D eigenvalue weighted by molar-refractivity contribution is -0.153. The first-order chi connectivity index (χ1) is 13.1. The Kier molecular flexibility index (Phi) is 7.04. The fourth-order valence-electron chi connectivity index (χ4n) is 4.58. The summed E-state index contributed by atoms with van der Waals surface area (Å²) in [6, 6.07) is 4.51. The van der Waals surface area contributed by atoms with Gasteiger partial charge in [-0.15, -0.1) is 0 Å².